The molecule has 6 heteroatoms. The number of benzene rings is 1. The second kappa shape index (κ2) is 6.34. The molecule has 2 aromatic rings. The van der Waals surface area contributed by atoms with Crippen LogP contribution in [0.25, 0.3) is 11.3 Å². The molecule has 2 fully saturated rings. The molecule has 1 saturated heterocycles. The molecular formula is C22H26BrN3O2. The van der Waals surface area contributed by atoms with E-state index >= 15 is 0 Å². The number of carbonyl (C=O) groups excluding carboxylic acids is 1. The molecular weight excluding hydrogens is 418 g/mol. The van der Waals surface area contributed by atoms with Crippen LogP contribution >= 0.6 is 15.9 Å². The lowest BCUT2D eigenvalue weighted by atomic mass is 9.92. The van der Waals surface area contributed by atoms with Gasteiger partial charge in [0.05, 0.1) is 11.7 Å². The van der Waals surface area contributed by atoms with Gasteiger partial charge in [0.1, 0.15) is 11.4 Å². The highest BCUT2D eigenvalue weighted by Crippen LogP contribution is 2.50. The van der Waals surface area contributed by atoms with Gasteiger partial charge in [-0.1, -0.05) is 22.0 Å². The molecule has 5 nitrogen and oxygen atoms in total. The number of nitrogens with one attached hydrogen (secondary N) is 1. The summed E-state index contributed by atoms with van der Waals surface area (Å²) in [5, 5.41) is 0. The Morgan fingerprint density at radius 1 is 1.29 bits per heavy atom. The quantitative estimate of drug-likeness (QED) is 0.641. The zero-order valence-electron chi connectivity index (χ0n) is 16.6. The Bertz CT molecular complexity index is 946. The predicted octanol–water partition coefficient (Wildman–Crippen LogP) is 5.40. The van der Waals surface area contributed by atoms with Crippen LogP contribution in [-0.4, -0.2) is 32.6 Å². The molecule has 0 radical (unpaired) electrons. The average Bonchev–Trinajstić information content (AvgIpc) is 3.32. The Labute approximate surface area is 174 Å². The van der Waals surface area contributed by atoms with Crippen molar-refractivity contribution in [1.29, 1.82) is 0 Å². The first-order valence-corrected chi connectivity index (χ1v) is 11.0. The summed E-state index contributed by atoms with van der Waals surface area (Å²) in [6, 6.07) is 6.69. The van der Waals surface area contributed by atoms with Gasteiger partial charge in [0.25, 0.3) is 0 Å². The Balaban J connectivity index is 1.51. The molecule has 3 atom stereocenters. The summed E-state index contributed by atoms with van der Waals surface area (Å²) in [6.07, 6.45) is 5.04. The van der Waals surface area contributed by atoms with E-state index in [0.29, 0.717) is 5.92 Å². The van der Waals surface area contributed by atoms with Gasteiger partial charge < -0.3 is 9.72 Å². The van der Waals surface area contributed by atoms with Gasteiger partial charge in [-0.2, -0.15) is 0 Å². The van der Waals surface area contributed by atoms with E-state index in [2.05, 4.69) is 39.1 Å². The molecule has 1 aromatic carbocycles. The van der Waals surface area contributed by atoms with Crippen molar-refractivity contribution in [2.24, 2.45) is 5.92 Å². The van der Waals surface area contributed by atoms with Gasteiger partial charge in [-0.3, -0.25) is 4.90 Å². The zero-order valence-corrected chi connectivity index (χ0v) is 18.2. The fourth-order valence-electron chi connectivity index (χ4n) is 5.15. The van der Waals surface area contributed by atoms with E-state index in [1.807, 2.05) is 25.7 Å². The van der Waals surface area contributed by atoms with Crippen molar-refractivity contribution in [3.63, 3.8) is 0 Å². The van der Waals surface area contributed by atoms with Gasteiger partial charge >= 0.3 is 6.09 Å². The van der Waals surface area contributed by atoms with E-state index in [-0.39, 0.29) is 18.2 Å². The summed E-state index contributed by atoms with van der Waals surface area (Å²) in [5.41, 5.74) is 4.29. The minimum Gasteiger partial charge on any atom is -0.444 e. The smallest absolute Gasteiger partial charge is 0.411 e. The highest BCUT2D eigenvalue weighted by atomic mass is 79.9. The number of hydrogen-bond acceptors (Lipinski definition) is 3. The molecule has 0 unspecified atom stereocenters. The monoisotopic (exact) mass is 443 g/mol. The lowest BCUT2D eigenvalue weighted by molar-refractivity contribution is 0.00619. The van der Waals surface area contributed by atoms with Gasteiger partial charge in [-0.05, 0) is 76.5 Å². The average molecular weight is 444 g/mol. The number of H-pyrrole nitrogens is 1. The van der Waals surface area contributed by atoms with Crippen LogP contribution in [0.2, 0.25) is 0 Å². The second-order valence-electron chi connectivity index (χ2n) is 9.31. The minimum absolute atomic E-state index is 0.00176. The topological polar surface area (TPSA) is 58.2 Å². The van der Waals surface area contributed by atoms with E-state index in [1.165, 1.54) is 16.8 Å². The third kappa shape index (κ3) is 2.97. The van der Waals surface area contributed by atoms with E-state index < -0.39 is 5.60 Å². The first kappa shape index (κ1) is 18.2. The number of likely N-dealkylation sites (tertiary alicyclic amines) is 1. The number of nitrogens with zero attached hydrogens (tertiary/aromatic N) is 2. The van der Waals surface area contributed by atoms with Crippen LogP contribution in [0.15, 0.2) is 22.7 Å². The number of aromatic nitrogens is 2. The number of ether oxygens (including phenoxy) is 1. The lowest BCUT2D eigenvalue weighted by Gasteiger charge is -2.35. The Morgan fingerprint density at radius 3 is 2.89 bits per heavy atom. The van der Waals surface area contributed by atoms with Gasteiger partial charge in [-0.25, -0.2) is 9.78 Å². The second-order valence-corrected chi connectivity index (χ2v) is 10.2. The first-order valence-electron chi connectivity index (χ1n) is 10.2. The number of piperidine rings is 1. The molecule has 1 amide bonds. The van der Waals surface area contributed by atoms with Crippen molar-refractivity contribution < 1.29 is 9.53 Å². The van der Waals surface area contributed by atoms with Gasteiger partial charge in [0.2, 0.25) is 0 Å². The van der Waals surface area contributed by atoms with E-state index in [0.717, 1.165) is 48.1 Å². The minimum atomic E-state index is -0.488. The molecule has 5 rings (SSSR count). The maximum atomic E-state index is 13.0. The van der Waals surface area contributed by atoms with Crippen molar-refractivity contribution in [2.75, 3.05) is 0 Å². The molecule has 1 N–H and O–H groups in total. The molecule has 2 bridgehead atoms. The Kier molecular flexibility index (Phi) is 4.13. The van der Waals surface area contributed by atoms with Crippen LogP contribution in [0, 0.1) is 5.92 Å². The number of halogens is 1. The highest BCUT2D eigenvalue weighted by Gasteiger charge is 2.51. The van der Waals surface area contributed by atoms with E-state index in [1.54, 1.807) is 0 Å². The van der Waals surface area contributed by atoms with Crippen molar-refractivity contribution in [1.82, 2.24) is 14.9 Å². The normalized spacial score (nSPS) is 25.6. The molecule has 1 aromatic heterocycles. The summed E-state index contributed by atoms with van der Waals surface area (Å²) < 4.78 is 6.84. The molecule has 2 aliphatic carbocycles. The number of fused-ring (bicyclic) bond motifs is 5. The molecule has 0 spiro atoms. The van der Waals surface area contributed by atoms with Crippen LogP contribution in [0.1, 0.15) is 63.2 Å². The molecule has 2 heterocycles. The van der Waals surface area contributed by atoms with Crippen LogP contribution in [-0.2, 0) is 17.6 Å². The van der Waals surface area contributed by atoms with Crippen LogP contribution in [0.4, 0.5) is 4.79 Å². The Morgan fingerprint density at radius 2 is 2.11 bits per heavy atom. The molecule has 1 saturated carbocycles. The lowest BCUT2D eigenvalue weighted by Crippen LogP contribution is -2.43. The standard InChI is InChI=1S/C22H26BrN3O2/c1-22(2,3)28-21(27)26-15-7-4-13(11-15)19(26)20-24-17-9-5-12-10-14(23)6-8-16(12)18(17)25-20/h6,8,10,13,15,19H,4-5,7,9,11H2,1-3H3,(H,24,25)/t13-,15-,19-/m0/s1. The maximum absolute atomic E-state index is 13.0. The summed E-state index contributed by atoms with van der Waals surface area (Å²) in [5.74, 6) is 1.40. The molecule has 1 aliphatic heterocycles. The molecule has 3 aliphatic rings. The number of amides is 1. The maximum Gasteiger partial charge on any atom is 0.411 e. The fraction of sp³-hybridized carbons (Fsp3) is 0.545. The SMILES string of the molecule is CC(C)(C)OC(=O)N1[C@H]2CC[C@@H](C2)[C@H]1c1nc2c([nH]1)CCc1cc(Br)ccc1-2. The molecule has 28 heavy (non-hydrogen) atoms. The highest BCUT2D eigenvalue weighted by molar-refractivity contribution is 9.10. The van der Waals surface area contributed by atoms with Crippen molar-refractivity contribution in [2.45, 2.75) is 70.6 Å². The van der Waals surface area contributed by atoms with Gasteiger partial charge in [0.15, 0.2) is 0 Å². The summed E-state index contributed by atoms with van der Waals surface area (Å²) in [4.78, 5) is 23.6. The van der Waals surface area contributed by atoms with Crippen molar-refractivity contribution in [3.05, 3.63) is 39.8 Å². The van der Waals surface area contributed by atoms with E-state index in [9.17, 15) is 4.79 Å². The predicted molar refractivity (Wildman–Crippen MR) is 111 cm³/mol. The summed E-state index contributed by atoms with van der Waals surface area (Å²) in [6.45, 7) is 5.78. The number of carbonyl (C=O) groups is 1. The zero-order chi connectivity index (χ0) is 19.6. The summed E-state index contributed by atoms with van der Waals surface area (Å²) in [7, 11) is 0. The van der Waals surface area contributed by atoms with E-state index in [4.69, 9.17) is 9.72 Å². The number of rotatable bonds is 1. The number of hydrogen-bond donors (Lipinski definition) is 1. The molecule has 148 valence electrons. The van der Waals surface area contributed by atoms with Gasteiger partial charge in [-0.15, -0.1) is 0 Å². The van der Waals surface area contributed by atoms with Gasteiger partial charge in [0, 0.05) is 21.8 Å². The number of aromatic amines is 1. The largest absolute Gasteiger partial charge is 0.444 e. The number of imidazole rings is 1. The number of aryl methyl sites for hydroxylation is 2. The fourth-order valence-corrected chi connectivity index (χ4v) is 5.56. The van der Waals surface area contributed by atoms with Crippen molar-refractivity contribution >= 4 is 22.0 Å². The Hall–Kier alpha value is -1.82. The van der Waals surface area contributed by atoms with Crippen LogP contribution < -0.4 is 0 Å². The van der Waals surface area contributed by atoms with Crippen molar-refractivity contribution in [3.8, 4) is 11.3 Å². The van der Waals surface area contributed by atoms with Crippen LogP contribution in [0.3, 0.4) is 0 Å². The third-order valence-electron chi connectivity index (χ3n) is 6.23. The van der Waals surface area contributed by atoms with Crippen LogP contribution in [0.5, 0.6) is 0 Å². The third-order valence-corrected chi connectivity index (χ3v) is 6.73. The summed E-state index contributed by atoms with van der Waals surface area (Å²) >= 11 is 3.57. The first-order chi connectivity index (χ1) is 13.3.